The molecule has 0 saturated heterocycles. The summed E-state index contributed by atoms with van der Waals surface area (Å²) in [5.41, 5.74) is 7.07. The summed E-state index contributed by atoms with van der Waals surface area (Å²) in [6.45, 7) is 5.09. The minimum atomic E-state index is -1.11. The molecule has 120 valence electrons. The van der Waals surface area contributed by atoms with Gasteiger partial charge in [0.05, 0.1) is 0 Å². The molecule has 8 heteroatoms. The van der Waals surface area contributed by atoms with Crippen LogP contribution in [0.15, 0.2) is 29.4 Å². The summed E-state index contributed by atoms with van der Waals surface area (Å²) in [4.78, 5) is 23.9. The molecule has 0 saturated carbocycles. The Balaban J connectivity index is 3.18. The van der Waals surface area contributed by atoms with Gasteiger partial charge >= 0.3 is 0 Å². The van der Waals surface area contributed by atoms with Gasteiger partial charge in [0.15, 0.2) is 5.84 Å². The second kappa shape index (κ2) is 6.90. The van der Waals surface area contributed by atoms with E-state index in [1.165, 1.54) is 11.5 Å². The van der Waals surface area contributed by atoms with Gasteiger partial charge in [-0.25, -0.2) is 5.48 Å². The molecule has 6 N–H and O–H groups in total. The fourth-order valence-electron chi connectivity index (χ4n) is 1.65. The zero-order chi connectivity index (χ0) is 16.9. The number of carbonyl (C=O) groups excluding carboxylic acids is 2. The zero-order valence-corrected chi connectivity index (χ0v) is 12.6. The van der Waals surface area contributed by atoms with E-state index in [2.05, 4.69) is 10.5 Å². The van der Waals surface area contributed by atoms with Gasteiger partial charge in [-0.1, -0.05) is 44.1 Å². The Morgan fingerprint density at radius 2 is 1.95 bits per heavy atom. The molecule has 0 aliphatic heterocycles. The summed E-state index contributed by atoms with van der Waals surface area (Å²) in [7, 11) is 0. The number of rotatable bonds is 4. The SMILES string of the molecule is CC(C)(C)C(=O)NC(C(=O)NO)c1cccc(/C(N)=N/O)c1. The number of hydrogen-bond acceptors (Lipinski definition) is 5. The molecule has 1 aromatic rings. The van der Waals surface area contributed by atoms with E-state index in [1.54, 1.807) is 39.0 Å². The molecule has 1 atom stereocenters. The van der Waals surface area contributed by atoms with Crippen molar-refractivity contribution in [2.24, 2.45) is 16.3 Å². The smallest absolute Gasteiger partial charge is 0.270 e. The fourth-order valence-corrected chi connectivity index (χ4v) is 1.65. The van der Waals surface area contributed by atoms with E-state index >= 15 is 0 Å². The number of hydroxylamine groups is 1. The van der Waals surface area contributed by atoms with E-state index in [1.807, 2.05) is 0 Å². The number of nitrogens with one attached hydrogen (secondary N) is 2. The number of nitrogens with two attached hydrogens (primary N) is 1. The summed E-state index contributed by atoms with van der Waals surface area (Å²) < 4.78 is 0. The molecule has 0 bridgehead atoms. The molecule has 22 heavy (non-hydrogen) atoms. The Labute approximate surface area is 128 Å². The van der Waals surface area contributed by atoms with Crippen LogP contribution in [-0.2, 0) is 9.59 Å². The number of benzene rings is 1. The minimum absolute atomic E-state index is 0.132. The number of oxime groups is 1. The Hall–Kier alpha value is -2.61. The highest BCUT2D eigenvalue weighted by atomic mass is 16.5. The molecule has 1 rings (SSSR count). The summed E-state index contributed by atoms with van der Waals surface area (Å²) in [5, 5.41) is 23.0. The molecule has 0 aliphatic carbocycles. The predicted molar refractivity (Wildman–Crippen MR) is 79.2 cm³/mol. The van der Waals surface area contributed by atoms with E-state index in [9.17, 15) is 9.59 Å². The molecule has 8 nitrogen and oxygen atoms in total. The first-order chi connectivity index (χ1) is 10.2. The first kappa shape index (κ1) is 17.4. The van der Waals surface area contributed by atoms with Crippen molar-refractivity contribution < 1.29 is 20.0 Å². The van der Waals surface area contributed by atoms with Crippen LogP contribution in [0.5, 0.6) is 0 Å². The first-order valence-electron chi connectivity index (χ1n) is 6.53. The van der Waals surface area contributed by atoms with Crippen molar-refractivity contribution in [3.8, 4) is 0 Å². The number of amidine groups is 1. The summed E-state index contributed by atoms with van der Waals surface area (Å²) in [5.74, 6) is -1.29. The first-order valence-corrected chi connectivity index (χ1v) is 6.53. The van der Waals surface area contributed by atoms with Crippen LogP contribution in [0.3, 0.4) is 0 Å². The van der Waals surface area contributed by atoms with Gasteiger partial charge in [0.25, 0.3) is 5.91 Å². The van der Waals surface area contributed by atoms with Crippen LogP contribution < -0.4 is 16.5 Å². The molecular weight excluding hydrogens is 288 g/mol. The molecule has 0 aliphatic rings. The van der Waals surface area contributed by atoms with Gasteiger partial charge in [0, 0.05) is 11.0 Å². The van der Waals surface area contributed by atoms with Gasteiger partial charge in [0.2, 0.25) is 5.91 Å². The van der Waals surface area contributed by atoms with Crippen LogP contribution in [0, 0.1) is 5.41 Å². The van der Waals surface area contributed by atoms with Gasteiger partial charge in [-0.3, -0.25) is 14.8 Å². The molecular formula is C14H20N4O4. The summed E-state index contributed by atoms with van der Waals surface area (Å²) in [6, 6.07) is 5.12. The Morgan fingerprint density at radius 1 is 1.32 bits per heavy atom. The van der Waals surface area contributed by atoms with Crippen LogP contribution in [0.1, 0.15) is 37.9 Å². The fraction of sp³-hybridized carbons (Fsp3) is 0.357. The highest BCUT2D eigenvalue weighted by Crippen LogP contribution is 2.19. The lowest BCUT2D eigenvalue weighted by Crippen LogP contribution is -2.43. The highest BCUT2D eigenvalue weighted by molar-refractivity contribution is 5.97. The van der Waals surface area contributed by atoms with Crippen molar-refractivity contribution in [2.45, 2.75) is 26.8 Å². The number of hydrogen-bond donors (Lipinski definition) is 5. The quantitative estimate of drug-likeness (QED) is 0.181. The molecule has 0 spiro atoms. The molecule has 0 aromatic heterocycles. The lowest BCUT2D eigenvalue weighted by molar-refractivity contribution is -0.137. The lowest BCUT2D eigenvalue weighted by atomic mass is 9.94. The van der Waals surface area contributed by atoms with Crippen molar-refractivity contribution in [3.05, 3.63) is 35.4 Å². The second-order valence-electron chi connectivity index (χ2n) is 5.74. The van der Waals surface area contributed by atoms with Crippen molar-refractivity contribution in [3.63, 3.8) is 0 Å². The Morgan fingerprint density at radius 3 is 2.45 bits per heavy atom. The average molecular weight is 308 g/mol. The maximum absolute atomic E-state index is 12.1. The van der Waals surface area contributed by atoms with E-state index < -0.39 is 17.4 Å². The van der Waals surface area contributed by atoms with Crippen molar-refractivity contribution >= 4 is 17.6 Å². The van der Waals surface area contributed by atoms with Gasteiger partial charge in [-0.2, -0.15) is 0 Å². The number of carbonyl (C=O) groups is 2. The van der Waals surface area contributed by atoms with Crippen LogP contribution in [-0.4, -0.2) is 28.1 Å². The van der Waals surface area contributed by atoms with Crippen molar-refractivity contribution in [1.29, 1.82) is 0 Å². The molecule has 2 amide bonds. The van der Waals surface area contributed by atoms with Crippen LogP contribution >= 0.6 is 0 Å². The predicted octanol–water partition coefficient (Wildman–Crippen LogP) is 0.490. The zero-order valence-electron chi connectivity index (χ0n) is 12.6. The second-order valence-corrected chi connectivity index (χ2v) is 5.74. The standard InChI is InChI=1S/C14H20N4O4/c1-14(2,3)13(20)16-10(12(19)18-22)8-5-4-6-9(7-8)11(15)17-21/h4-7,10,21-22H,1-3H3,(H2,15,17)(H,16,20)(H,18,19). The maximum atomic E-state index is 12.1. The Kier molecular flexibility index (Phi) is 5.47. The average Bonchev–Trinajstić information content (AvgIpc) is 2.49. The van der Waals surface area contributed by atoms with E-state index in [4.69, 9.17) is 16.1 Å². The van der Waals surface area contributed by atoms with Gasteiger partial charge in [-0.15, -0.1) is 0 Å². The molecule has 1 aromatic carbocycles. The normalized spacial score (nSPS) is 13.4. The van der Waals surface area contributed by atoms with Crippen LogP contribution in [0.4, 0.5) is 0 Å². The number of amides is 2. The van der Waals surface area contributed by atoms with E-state index in [0.717, 1.165) is 0 Å². The van der Waals surface area contributed by atoms with Crippen molar-refractivity contribution in [2.75, 3.05) is 0 Å². The maximum Gasteiger partial charge on any atom is 0.270 e. The third-order valence-electron chi connectivity index (χ3n) is 2.95. The van der Waals surface area contributed by atoms with Gasteiger partial charge < -0.3 is 16.3 Å². The van der Waals surface area contributed by atoms with Gasteiger partial charge in [0.1, 0.15) is 6.04 Å². The largest absolute Gasteiger partial charge is 0.409 e. The summed E-state index contributed by atoms with van der Waals surface area (Å²) >= 11 is 0. The third kappa shape index (κ3) is 4.19. The molecule has 0 heterocycles. The van der Waals surface area contributed by atoms with Crippen LogP contribution in [0.2, 0.25) is 0 Å². The van der Waals surface area contributed by atoms with Crippen molar-refractivity contribution in [1.82, 2.24) is 10.8 Å². The summed E-state index contributed by atoms with van der Waals surface area (Å²) in [6.07, 6.45) is 0. The Bertz CT molecular complexity index is 593. The van der Waals surface area contributed by atoms with Crippen LogP contribution in [0.25, 0.3) is 0 Å². The topological polar surface area (TPSA) is 137 Å². The highest BCUT2D eigenvalue weighted by Gasteiger charge is 2.28. The third-order valence-corrected chi connectivity index (χ3v) is 2.95. The lowest BCUT2D eigenvalue weighted by Gasteiger charge is -2.23. The number of nitrogens with zero attached hydrogens (tertiary/aromatic N) is 1. The van der Waals surface area contributed by atoms with E-state index in [-0.39, 0.29) is 11.7 Å². The van der Waals surface area contributed by atoms with E-state index in [0.29, 0.717) is 11.1 Å². The monoisotopic (exact) mass is 308 g/mol. The molecule has 0 fully saturated rings. The molecule has 0 radical (unpaired) electrons. The van der Waals surface area contributed by atoms with Gasteiger partial charge in [-0.05, 0) is 11.6 Å². The molecule has 1 unspecified atom stereocenters. The minimum Gasteiger partial charge on any atom is -0.409 e.